The van der Waals surface area contributed by atoms with Gasteiger partial charge in [0.2, 0.25) is 0 Å². The number of hydrogen-bond acceptors (Lipinski definition) is 0. The van der Waals surface area contributed by atoms with E-state index in [2.05, 4.69) is 0 Å². The molecule has 0 aromatic carbocycles. The lowest BCUT2D eigenvalue weighted by molar-refractivity contribution is 0.469. The fraction of sp³-hybridized carbons (Fsp3) is 1.00. The van der Waals surface area contributed by atoms with Crippen molar-refractivity contribution in [1.82, 2.24) is 0 Å². The third kappa shape index (κ3) is 40.0. The summed E-state index contributed by atoms with van der Waals surface area (Å²) >= 11 is 0. The van der Waals surface area contributed by atoms with Crippen molar-refractivity contribution in [3.63, 3.8) is 0 Å². The molecule has 0 aromatic heterocycles. The Hall–Kier alpha value is -0.140. The summed E-state index contributed by atoms with van der Waals surface area (Å²) in [5, 5.41) is 0. The molecule has 0 aromatic rings. The second-order valence-electron chi connectivity index (χ2n) is 1.31. The predicted octanol–water partition coefficient (Wildman–Crippen LogP) is 2.73. The first-order valence-corrected chi connectivity index (χ1v) is 2.95. The molecule has 0 bridgehead atoms. The Morgan fingerprint density at radius 3 is 1.50 bits per heavy atom. The van der Waals surface area contributed by atoms with Gasteiger partial charge < -0.3 is 0 Å². The van der Waals surface area contributed by atoms with Crippen LogP contribution in [0.5, 0.6) is 0 Å². The maximum Gasteiger partial charge on any atom is 0.0894 e. The van der Waals surface area contributed by atoms with Crippen LogP contribution < -0.4 is 0 Å². The van der Waals surface area contributed by atoms with Crippen molar-refractivity contribution in [3.8, 4) is 0 Å². The third-order valence-electron chi connectivity index (χ3n) is 0.487. The Bertz CT molecular complexity index is 20.5. The van der Waals surface area contributed by atoms with Gasteiger partial charge in [0.05, 0.1) is 13.3 Å². The van der Waals surface area contributed by atoms with Crippen molar-refractivity contribution in [2.24, 2.45) is 0 Å². The number of rotatable bonds is 2. The second kappa shape index (κ2) is 15.8. The average Bonchev–Trinajstić information content (AvgIpc) is 1.71. The van der Waals surface area contributed by atoms with Crippen molar-refractivity contribution in [3.05, 3.63) is 0 Å². The highest BCUT2D eigenvalue weighted by molar-refractivity contribution is 4.23. The van der Waals surface area contributed by atoms with Gasteiger partial charge in [0.25, 0.3) is 0 Å². The summed E-state index contributed by atoms with van der Waals surface area (Å²) in [6, 6.07) is 0. The first-order chi connectivity index (χ1) is 3.83. The van der Waals surface area contributed by atoms with Crippen molar-refractivity contribution >= 4 is 0 Å². The topological polar surface area (TPSA) is 0 Å². The molecule has 0 saturated heterocycles. The molecular weight excluding hydrogens is 110 g/mol. The Kier molecular flexibility index (Phi) is 21.3. The SMILES string of the molecule is CCCCF.CCF. The van der Waals surface area contributed by atoms with Crippen molar-refractivity contribution in [2.75, 3.05) is 13.3 Å². The zero-order chi connectivity index (χ0) is 6.83. The summed E-state index contributed by atoms with van der Waals surface area (Å²) in [7, 11) is 0. The van der Waals surface area contributed by atoms with Crippen LogP contribution >= 0.6 is 0 Å². The van der Waals surface area contributed by atoms with Crippen molar-refractivity contribution in [1.29, 1.82) is 0 Å². The molecular formula is C6H14F2. The van der Waals surface area contributed by atoms with Crippen LogP contribution in [0.3, 0.4) is 0 Å². The van der Waals surface area contributed by atoms with Gasteiger partial charge in [-0.25, -0.2) is 0 Å². The van der Waals surface area contributed by atoms with E-state index in [4.69, 9.17) is 0 Å². The third-order valence-corrected chi connectivity index (χ3v) is 0.487. The van der Waals surface area contributed by atoms with Gasteiger partial charge in [-0.15, -0.1) is 0 Å². The number of unbranched alkanes of at least 4 members (excludes halogenated alkanes) is 1. The molecule has 2 heteroatoms. The fourth-order valence-corrected chi connectivity index (χ4v) is 0.134. The summed E-state index contributed by atoms with van der Waals surface area (Å²) in [4.78, 5) is 0. The van der Waals surface area contributed by atoms with E-state index in [9.17, 15) is 8.78 Å². The van der Waals surface area contributed by atoms with Gasteiger partial charge in [-0.2, -0.15) is 0 Å². The molecule has 0 rings (SSSR count). The van der Waals surface area contributed by atoms with E-state index in [1.54, 1.807) is 0 Å². The highest BCUT2D eigenvalue weighted by atomic mass is 19.1. The first-order valence-electron chi connectivity index (χ1n) is 2.95. The molecule has 0 atom stereocenters. The molecule has 0 saturated carbocycles. The molecule has 0 unspecified atom stereocenters. The molecule has 0 aliphatic rings. The van der Waals surface area contributed by atoms with Crippen LogP contribution in [0.2, 0.25) is 0 Å². The summed E-state index contributed by atoms with van der Waals surface area (Å²) in [6.45, 7) is 3.02. The lowest BCUT2D eigenvalue weighted by Crippen LogP contribution is -1.67. The molecule has 8 heavy (non-hydrogen) atoms. The smallest absolute Gasteiger partial charge is 0.0894 e. The Balaban J connectivity index is 0. The Labute approximate surface area is 49.9 Å². The van der Waals surface area contributed by atoms with E-state index in [-0.39, 0.29) is 13.3 Å². The van der Waals surface area contributed by atoms with E-state index in [1.807, 2.05) is 6.92 Å². The predicted molar refractivity (Wildman–Crippen MR) is 32.5 cm³/mol. The number of halogens is 2. The van der Waals surface area contributed by atoms with Crippen LogP contribution in [0.4, 0.5) is 8.78 Å². The molecule has 52 valence electrons. The van der Waals surface area contributed by atoms with E-state index in [0.29, 0.717) is 0 Å². The largest absolute Gasteiger partial charge is 0.251 e. The molecule has 0 nitrogen and oxygen atoms in total. The Morgan fingerprint density at radius 2 is 1.50 bits per heavy atom. The van der Waals surface area contributed by atoms with Crippen LogP contribution in [-0.2, 0) is 0 Å². The lowest BCUT2D eigenvalue weighted by Gasteiger charge is -1.76. The highest BCUT2D eigenvalue weighted by Crippen LogP contribution is 1.83. The van der Waals surface area contributed by atoms with E-state index >= 15 is 0 Å². The summed E-state index contributed by atoms with van der Waals surface area (Å²) in [5.74, 6) is 0. The zero-order valence-electron chi connectivity index (χ0n) is 5.58. The minimum atomic E-state index is -0.250. The molecule has 0 aliphatic carbocycles. The standard InChI is InChI=1S/C4H9F.C2H5F/c1-2-3-4-5;1-2-3/h2-4H2,1H3;2H2,1H3. The second-order valence-corrected chi connectivity index (χ2v) is 1.31. The minimum Gasteiger partial charge on any atom is -0.251 e. The monoisotopic (exact) mass is 124 g/mol. The van der Waals surface area contributed by atoms with E-state index in [1.165, 1.54) is 6.92 Å². The first kappa shape index (κ1) is 10.8. The van der Waals surface area contributed by atoms with E-state index in [0.717, 1.165) is 12.8 Å². The van der Waals surface area contributed by atoms with Crippen LogP contribution in [0.15, 0.2) is 0 Å². The number of alkyl halides is 2. The number of hydrogen-bond donors (Lipinski definition) is 0. The molecule has 0 aliphatic heterocycles. The Morgan fingerprint density at radius 1 is 1.12 bits per heavy atom. The fourth-order valence-electron chi connectivity index (χ4n) is 0.134. The van der Waals surface area contributed by atoms with Crippen LogP contribution in [0.25, 0.3) is 0 Å². The minimum absolute atomic E-state index is 0.156. The van der Waals surface area contributed by atoms with Gasteiger partial charge in [0.15, 0.2) is 0 Å². The van der Waals surface area contributed by atoms with E-state index < -0.39 is 0 Å². The average molecular weight is 124 g/mol. The summed E-state index contributed by atoms with van der Waals surface area (Å²) in [5.41, 5.74) is 0. The van der Waals surface area contributed by atoms with Gasteiger partial charge in [0, 0.05) is 0 Å². The lowest BCUT2D eigenvalue weighted by atomic mass is 10.4. The normalized spacial score (nSPS) is 7.50. The molecule has 0 radical (unpaired) electrons. The highest BCUT2D eigenvalue weighted by Gasteiger charge is 1.71. The molecule has 0 amide bonds. The van der Waals surface area contributed by atoms with Gasteiger partial charge in [-0.1, -0.05) is 13.3 Å². The van der Waals surface area contributed by atoms with Crippen LogP contribution in [0, 0.1) is 0 Å². The van der Waals surface area contributed by atoms with Gasteiger partial charge in [-0.05, 0) is 13.3 Å². The molecule has 0 heterocycles. The quantitative estimate of drug-likeness (QED) is 0.531. The maximum absolute atomic E-state index is 11.0. The maximum atomic E-state index is 11.0. The summed E-state index contributed by atoms with van der Waals surface area (Å²) in [6.07, 6.45) is 1.69. The van der Waals surface area contributed by atoms with Gasteiger partial charge in [0.1, 0.15) is 0 Å². The van der Waals surface area contributed by atoms with Crippen LogP contribution in [-0.4, -0.2) is 13.3 Å². The van der Waals surface area contributed by atoms with Crippen molar-refractivity contribution < 1.29 is 8.78 Å². The molecule has 0 fully saturated rings. The molecule has 0 N–H and O–H groups in total. The van der Waals surface area contributed by atoms with Gasteiger partial charge >= 0.3 is 0 Å². The van der Waals surface area contributed by atoms with Gasteiger partial charge in [-0.3, -0.25) is 8.78 Å². The molecule has 0 spiro atoms. The van der Waals surface area contributed by atoms with Crippen molar-refractivity contribution in [2.45, 2.75) is 26.7 Å². The zero-order valence-corrected chi connectivity index (χ0v) is 5.58. The van der Waals surface area contributed by atoms with Crippen LogP contribution in [0.1, 0.15) is 26.7 Å². The summed E-state index contributed by atoms with van der Waals surface area (Å²) < 4.78 is 21.3.